The highest BCUT2D eigenvalue weighted by Crippen LogP contribution is 2.23. The van der Waals surface area contributed by atoms with E-state index >= 15 is 0 Å². The second-order valence-electron chi connectivity index (χ2n) is 3.10. The lowest BCUT2D eigenvalue weighted by atomic mass is 10.0. The highest BCUT2D eigenvalue weighted by molar-refractivity contribution is 9.09. The van der Waals surface area contributed by atoms with E-state index in [4.69, 9.17) is 0 Å². The lowest BCUT2D eigenvalue weighted by Gasteiger charge is -2.19. The lowest BCUT2D eigenvalue weighted by molar-refractivity contribution is 0.496. The highest BCUT2D eigenvalue weighted by Gasteiger charge is 2.14. The van der Waals surface area contributed by atoms with Gasteiger partial charge in [0.2, 0.25) is 0 Å². The normalized spacial score (nSPS) is 11.5. The summed E-state index contributed by atoms with van der Waals surface area (Å²) in [7, 11) is 0. The first-order valence-electron chi connectivity index (χ1n) is 3.37. The average Bonchev–Trinajstić information content (AvgIpc) is 1.89. The highest BCUT2D eigenvalue weighted by atomic mass is 79.9. The molecule has 0 N–H and O–H groups in total. The SMILES string of the molecule is C=CCSCC(C)(C)CBr. The summed E-state index contributed by atoms with van der Waals surface area (Å²) < 4.78 is 0. The first-order chi connectivity index (χ1) is 4.62. The number of hydrogen-bond donors (Lipinski definition) is 0. The molecule has 0 heterocycles. The van der Waals surface area contributed by atoms with Crippen LogP contribution in [0.3, 0.4) is 0 Å². The van der Waals surface area contributed by atoms with Crippen LogP contribution in [0.15, 0.2) is 12.7 Å². The second-order valence-corrected chi connectivity index (χ2v) is 4.69. The van der Waals surface area contributed by atoms with Gasteiger partial charge >= 0.3 is 0 Å². The van der Waals surface area contributed by atoms with Crippen LogP contribution < -0.4 is 0 Å². The van der Waals surface area contributed by atoms with Gasteiger partial charge in [0.15, 0.2) is 0 Å². The molecule has 2 heteroatoms. The fraction of sp³-hybridized carbons (Fsp3) is 0.750. The number of halogens is 1. The Morgan fingerprint density at radius 2 is 2.20 bits per heavy atom. The predicted octanol–water partition coefficient (Wildman–Crippen LogP) is 3.33. The van der Waals surface area contributed by atoms with E-state index in [2.05, 4.69) is 36.4 Å². The van der Waals surface area contributed by atoms with Gasteiger partial charge in [0.25, 0.3) is 0 Å². The summed E-state index contributed by atoms with van der Waals surface area (Å²) in [5.41, 5.74) is 0.424. The van der Waals surface area contributed by atoms with E-state index < -0.39 is 0 Å². The molecule has 0 spiro atoms. The minimum atomic E-state index is 0.424. The van der Waals surface area contributed by atoms with Crippen molar-refractivity contribution >= 4 is 27.7 Å². The summed E-state index contributed by atoms with van der Waals surface area (Å²) in [6, 6.07) is 0. The standard InChI is InChI=1S/C8H15BrS/c1-4-5-10-7-8(2,3)6-9/h4H,1,5-7H2,2-3H3. The Labute approximate surface area is 76.6 Å². The summed E-state index contributed by atoms with van der Waals surface area (Å²) in [5.74, 6) is 2.26. The minimum Gasteiger partial charge on any atom is -0.157 e. The van der Waals surface area contributed by atoms with E-state index in [0.717, 1.165) is 11.1 Å². The van der Waals surface area contributed by atoms with Gasteiger partial charge in [0.05, 0.1) is 0 Å². The van der Waals surface area contributed by atoms with E-state index in [9.17, 15) is 0 Å². The van der Waals surface area contributed by atoms with Crippen LogP contribution >= 0.6 is 27.7 Å². The third-order valence-electron chi connectivity index (χ3n) is 1.09. The molecule has 0 bridgehead atoms. The fourth-order valence-corrected chi connectivity index (χ4v) is 1.86. The van der Waals surface area contributed by atoms with Crippen molar-refractivity contribution in [3.8, 4) is 0 Å². The van der Waals surface area contributed by atoms with E-state index in [0.29, 0.717) is 5.41 Å². The van der Waals surface area contributed by atoms with Crippen molar-refractivity contribution < 1.29 is 0 Å². The van der Waals surface area contributed by atoms with Gasteiger partial charge in [-0.25, -0.2) is 0 Å². The van der Waals surface area contributed by atoms with E-state index in [1.54, 1.807) is 0 Å². The molecule has 0 rings (SSSR count). The number of hydrogen-bond acceptors (Lipinski definition) is 1. The molecular formula is C8H15BrS. The Morgan fingerprint density at radius 3 is 2.60 bits per heavy atom. The van der Waals surface area contributed by atoms with Crippen molar-refractivity contribution in [3.63, 3.8) is 0 Å². The molecule has 0 atom stereocenters. The summed E-state index contributed by atoms with van der Waals surface area (Å²) >= 11 is 5.42. The predicted molar refractivity (Wildman–Crippen MR) is 55.1 cm³/mol. The van der Waals surface area contributed by atoms with Gasteiger partial charge < -0.3 is 0 Å². The topological polar surface area (TPSA) is 0 Å². The van der Waals surface area contributed by atoms with Crippen LogP contribution in [0.5, 0.6) is 0 Å². The van der Waals surface area contributed by atoms with E-state index in [-0.39, 0.29) is 0 Å². The molecular weight excluding hydrogens is 208 g/mol. The van der Waals surface area contributed by atoms with Crippen LogP contribution in [0.1, 0.15) is 13.8 Å². The van der Waals surface area contributed by atoms with Crippen molar-refractivity contribution in [3.05, 3.63) is 12.7 Å². The molecule has 0 aliphatic heterocycles. The largest absolute Gasteiger partial charge is 0.157 e. The maximum atomic E-state index is 3.67. The Balaban J connectivity index is 3.36. The fourth-order valence-electron chi connectivity index (χ4n) is 0.457. The summed E-state index contributed by atoms with van der Waals surface area (Å²) in [4.78, 5) is 0. The third-order valence-corrected chi connectivity index (χ3v) is 4.07. The Bertz CT molecular complexity index is 99.4. The molecule has 60 valence electrons. The maximum absolute atomic E-state index is 3.67. The third kappa shape index (κ3) is 5.36. The average molecular weight is 223 g/mol. The summed E-state index contributed by atoms with van der Waals surface area (Å²) in [6.07, 6.45) is 1.95. The molecule has 0 fully saturated rings. The first-order valence-corrected chi connectivity index (χ1v) is 5.64. The molecule has 0 aromatic rings. The summed E-state index contributed by atoms with van der Waals surface area (Å²) in [5, 5.41) is 1.07. The molecule has 10 heavy (non-hydrogen) atoms. The molecule has 0 aliphatic rings. The maximum Gasteiger partial charge on any atom is 0.0110 e. The van der Waals surface area contributed by atoms with Crippen LogP contribution in [-0.4, -0.2) is 16.8 Å². The van der Waals surface area contributed by atoms with Crippen LogP contribution in [0.2, 0.25) is 0 Å². The number of alkyl halides is 1. The lowest BCUT2D eigenvalue weighted by Crippen LogP contribution is -2.16. The molecule has 0 saturated heterocycles. The Kier molecular flexibility index (Phi) is 5.55. The van der Waals surface area contributed by atoms with Crippen LogP contribution in [0.25, 0.3) is 0 Å². The van der Waals surface area contributed by atoms with Crippen molar-refractivity contribution in [2.45, 2.75) is 13.8 Å². The van der Waals surface area contributed by atoms with E-state index in [1.165, 1.54) is 5.75 Å². The molecule has 0 amide bonds. The van der Waals surface area contributed by atoms with E-state index in [1.807, 2.05) is 17.8 Å². The van der Waals surface area contributed by atoms with Crippen molar-refractivity contribution in [1.29, 1.82) is 0 Å². The van der Waals surface area contributed by atoms with Crippen molar-refractivity contribution in [1.82, 2.24) is 0 Å². The van der Waals surface area contributed by atoms with Crippen molar-refractivity contribution in [2.75, 3.05) is 16.8 Å². The summed E-state index contributed by atoms with van der Waals surface area (Å²) in [6.45, 7) is 8.20. The van der Waals surface area contributed by atoms with Crippen LogP contribution in [0.4, 0.5) is 0 Å². The van der Waals surface area contributed by atoms with Crippen molar-refractivity contribution in [2.24, 2.45) is 5.41 Å². The Hall–Kier alpha value is 0.570. The second kappa shape index (κ2) is 5.25. The van der Waals surface area contributed by atoms with Crippen LogP contribution in [-0.2, 0) is 0 Å². The molecule has 0 nitrogen and oxygen atoms in total. The molecule has 0 aromatic heterocycles. The molecule has 0 radical (unpaired) electrons. The monoisotopic (exact) mass is 222 g/mol. The van der Waals surface area contributed by atoms with Gasteiger partial charge in [-0.2, -0.15) is 11.8 Å². The number of thioether (sulfide) groups is 1. The zero-order chi connectivity index (χ0) is 8.04. The van der Waals surface area contributed by atoms with Gasteiger partial charge in [-0.15, -0.1) is 6.58 Å². The van der Waals surface area contributed by atoms with Gasteiger partial charge in [0.1, 0.15) is 0 Å². The Morgan fingerprint density at radius 1 is 1.60 bits per heavy atom. The minimum absolute atomic E-state index is 0.424. The molecule has 0 saturated carbocycles. The van der Waals surface area contributed by atoms with Gasteiger partial charge in [0, 0.05) is 11.1 Å². The first kappa shape index (κ1) is 10.6. The van der Waals surface area contributed by atoms with Gasteiger partial charge in [-0.05, 0) is 11.2 Å². The smallest absolute Gasteiger partial charge is 0.0110 e. The zero-order valence-corrected chi connectivity index (χ0v) is 9.09. The van der Waals surface area contributed by atoms with Gasteiger partial charge in [-0.1, -0.05) is 35.9 Å². The quantitative estimate of drug-likeness (QED) is 0.391. The van der Waals surface area contributed by atoms with Crippen LogP contribution in [0, 0.1) is 5.41 Å². The number of rotatable bonds is 5. The molecule has 0 unspecified atom stereocenters. The molecule has 0 aliphatic carbocycles. The van der Waals surface area contributed by atoms with Gasteiger partial charge in [-0.3, -0.25) is 0 Å². The zero-order valence-electron chi connectivity index (χ0n) is 6.69. The molecule has 0 aromatic carbocycles.